The van der Waals surface area contributed by atoms with Crippen molar-refractivity contribution >= 4 is 63.8 Å². The normalized spacial score (nSPS) is 11.7. The molecule has 2 aromatic heterocycles. The zero-order valence-electron chi connectivity index (χ0n) is 26.3. The second kappa shape index (κ2) is 11.2. The maximum Gasteiger partial charge on any atom is 0.164 e. The Morgan fingerprint density at radius 1 is 0.327 bits per heavy atom. The summed E-state index contributed by atoms with van der Waals surface area (Å²) in [6, 6.07) is 58.1. The number of hydrogen-bond acceptors (Lipinski definition) is 4. The van der Waals surface area contributed by atoms with Crippen molar-refractivity contribution in [2.75, 3.05) is 0 Å². The molecule has 0 bridgehead atoms. The molecule has 0 N–H and O–H groups in total. The summed E-state index contributed by atoms with van der Waals surface area (Å²) < 4.78 is 2.47. The van der Waals surface area contributed by atoms with Crippen LogP contribution >= 0.6 is 11.3 Å². The van der Waals surface area contributed by atoms with E-state index in [-0.39, 0.29) is 0 Å². The summed E-state index contributed by atoms with van der Waals surface area (Å²) in [6.45, 7) is 0. The highest BCUT2D eigenvalue weighted by Crippen LogP contribution is 2.40. The van der Waals surface area contributed by atoms with Gasteiger partial charge in [-0.3, -0.25) is 0 Å². The average Bonchev–Trinajstić information content (AvgIpc) is 3.56. The third kappa shape index (κ3) is 4.76. The Morgan fingerprint density at radius 3 is 1.65 bits per heavy atom. The SMILES string of the molecule is c1ccc2cc(-c3ccc4cccc(-c5nc(-c6ccc7ccccc7c6)nc(-c6cccc7sc8ccccc8c67)n5)c4c3)ccc2c1. The molecule has 2 heterocycles. The molecule has 228 valence electrons. The molecule has 3 nitrogen and oxygen atoms in total. The van der Waals surface area contributed by atoms with Gasteiger partial charge in [0, 0.05) is 36.9 Å². The number of aromatic nitrogens is 3. The number of nitrogens with zero attached hydrogens (tertiary/aromatic N) is 3. The lowest BCUT2D eigenvalue weighted by Crippen LogP contribution is -2.01. The Morgan fingerprint density at radius 2 is 0.857 bits per heavy atom. The van der Waals surface area contributed by atoms with Crippen LogP contribution in [0.25, 0.3) is 97.8 Å². The van der Waals surface area contributed by atoms with E-state index in [9.17, 15) is 0 Å². The Kier molecular flexibility index (Phi) is 6.36. The second-order valence-corrected chi connectivity index (χ2v) is 13.5. The number of fused-ring (bicyclic) bond motifs is 6. The first-order chi connectivity index (χ1) is 24.2. The van der Waals surface area contributed by atoms with Crippen LogP contribution < -0.4 is 0 Å². The van der Waals surface area contributed by atoms with Crippen LogP contribution in [0, 0.1) is 0 Å². The van der Waals surface area contributed by atoms with E-state index in [1.54, 1.807) is 11.3 Å². The zero-order chi connectivity index (χ0) is 32.3. The van der Waals surface area contributed by atoms with E-state index in [4.69, 9.17) is 15.0 Å². The average molecular weight is 642 g/mol. The maximum atomic E-state index is 5.27. The maximum absolute atomic E-state index is 5.27. The second-order valence-electron chi connectivity index (χ2n) is 12.4. The minimum atomic E-state index is 0.657. The highest BCUT2D eigenvalue weighted by Gasteiger charge is 2.18. The van der Waals surface area contributed by atoms with Gasteiger partial charge in [0.2, 0.25) is 0 Å². The summed E-state index contributed by atoms with van der Waals surface area (Å²) in [5, 5.41) is 9.45. The fourth-order valence-corrected chi connectivity index (χ4v) is 8.18. The van der Waals surface area contributed by atoms with Crippen LogP contribution in [-0.4, -0.2) is 15.0 Å². The van der Waals surface area contributed by atoms with Gasteiger partial charge in [0.15, 0.2) is 17.5 Å². The minimum Gasteiger partial charge on any atom is -0.208 e. The van der Waals surface area contributed by atoms with Crippen molar-refractivity contribution in [2.24, 2.45) is 0 Å². The van der Waals surface area contributed by atoms with Crippen molar-refractivity contribution in [1.82, 2.24) is 15.0 Å². The molecule has 0 atom stereocenters. The van der Waals surface area contributed by atoms with E-state index >= 15 is 0 Å². The quantitative estimate of drug-likeness (QED) is 0.192. The van der Waals surface area contributed by atoms with Crippen molar-refractivity contribution in [1.29, 1.82) is 0 Å². The lowest BCUT2D eigenvalue weighted by Gasteiger charge is -2.12. The topological polar surface area (TPSA) is 38.7 Å². The molecule has 0 amide bonds. The predicted molar refractivity (Wildman–Crippen MR) is 207 cm³/mol. The molecule has 0 aliphatic heterocycles. The van der Waals surface area contributed by atoms with Crippen LogP contribution in [-0.2, 0) is 0 Å². The van der Waals surface area contributed by atoms with Crippen LogP contribution in [0.4, 0.5) is 0 Å². The van der Waals surface area contributed by atoms with Gasteiger partial charge in [-0.2, -0.15) is 0 Å². The molecule has 10 rings (SSSR count). The van der Waals surface area contributed by atoms with Crippen molar-refractivity contribution in [3.63, 3.8) is 0 Å². The minimum absolute atomic E-state index is 0.657. The number of rotatable bonds is 4. The molecule has 4 heteroatoms. The molecule has 0 spiro atoms. The summed E-state index contributed by atoms with van der Waals surface area (Å²) in [5.41, 5.74) is 5.29. The zero-order valence-corrected chi connectivity index (χ0v) is 27.2. The summed E-state index contributed by atoms with van der Waals surface area (Å²) in [7, 11) is 0. The Bertz CT molecular complexity index is 2900. The van der Waals surface area contributed by atoms with Crippen molar-refractivity contribution in [3.8, 4) is 45.3 Å². The van der Waals surface area contributed by atoms with Crippen molar-refractivity contribution in [3.05, 3.63) is 164 Å². The fourth-order valence-electron chi connectivity index (χ4n) is 7.05. The van der Waals surface area contributed by atoms with Crippen molar-refractivity contribution in [2.45, 2.75) is 0 Å². The largest absolute Gasteiger partial charge is 0.208 e. The van der Waals surface area contributed by atoms with Gasteiger partial charge in [0.1, 0.15) is 0 Å². The number of hydrogen-bond donors (Lipinski definition) is 0. The van der Waals surface area contributed by atoms with Gasteiger partial charge in [-0.25, -0.2) is 15.0 Å². The lowest BCUT2D eigenvalue weighted by atomic mass is 9.96. The molecular weight excluding hydrogens is 615 g/mol. The summed E-state index contributed by atoms with van der Waals surface area (Å²) in [4.78, 5) is 15.7. The molecule has 0 fully saturated rings. The van der Waals surface area contributed by atoms with Crippen molar-refractivity contribution < 1.29 is 0 Å². The van der Waals surface area contributed by atoms with E-state index in [0.717, 1.165) is 38.4 Å². The lowest BCUT2D eigenvalue weighted by molar-refractivity contribution is 1.08. The third-order valence-corrected chi connectivity index (χ3v) is 10.6. The van der Waals surface area contributed by atoms with Gasteiger partial charge in [0.25, 0.3) is 0 Å². The smallest absolute Gasteiger partial charge is 0.164 e. The predicted octanol–water partition coefficient (Wildman–Crippen LogP) is 12.4. The van der Waals surface area contributed by atoms with Gasteiger partial charge in [-0.15, -0.1) is 11.3 Å². The molecule has 0 saturated carbocycles. The Hall–Kier alpha value is -6.23. The summed E-state index contributed by atoms with van der Waals surface area (Å²) in [6.07, 6.45) is 0. The van der Waals surface area contributed by atoms with Crippen LogP contribution in [0.15, 0.2) is 164 Å². The first-order valence-corrected chi connectivity index (χ1v) is 17.3. The highest BCUT2D eigenvalue weighted by molar-refractivity contribution is 7.25. The van der Waals surface area contributed by atoms with Gasteiger partial charge >= 0.3 is 0 Å². The van der Waals surface area contributed by atoms with Gasteiger partial charge in [-0.05, 0) is 73.8 Å². The molecule has 0 aliphatic rings. The summed E-state index contributed by atoms with van der Waals surface area (Å²) >= 11 is 1.80. The molecule has 0 aliphatic carbocycles. The molecule has 49 heavy (non-hydrogen) atoms. The van der Waals surface area contributed by atoms with Crippen LogP contribution in [0.1, 0.15) is 0 Å². The standard InChI is InChI=1S/C45H27N3S/c1-3-11-31-25-33(22-19-28(31)9-1)34-23-21-30-13-7-15-36(39(30)27-34)44-46-43(35-24-20-29-10-2-4-12-32(29)26-35)47-45(48-44)38-16-8-18-41-42(38)37-14-5-6-17-40(37)49-41/h1-27H. The highest BCUT2D eigenvalue weighted by atomic mass is 32.1. The van der Waals surface area contributed by atoms with E-state index in [0.29, 0.717) is 17.5 Å². The Balaban J connectivity index is 1.22. The molecule has 0 radical (unpaired) electrons. The molecular formula is C45H27N3S. The van der Waals surface area contributed by atoms with E-state index < -0.39 is 0 Å². The number of thiophene rings is 1. The monoisotopic (exact) mass is 641 g/mol. The number of benzene rings is 8. The third-order valence-electron chi connectivity index (χ3n) is 9.49. The first kappa shape index (κ1) is 27.8. The van der Waals surface area contributed by atoms with E-state index in [2.05, 4.69) is 164 Å². The molecule has 10 aromatic rings. The molecule has 8 aromatic carbocycles. The Labute approximate surface area is 286 Å². The van der Waals surface area contributed by atoms with Gasteiger partial charge < -0.3 is 0 Å². The summed E-state index contributed by atoms with van der Waals surface area (Å²) in [5.74, 6) is 1.99. The van der Waals surface area contributed by atoms with E-state index in [1.807, 2.05) is 0 Å². The van der Waals surface area contributed by atoms with Gasteiger partial charge in [0.05, 0.1) is 0 Å². The van der Waals surface area contributed by atoms with Crippen LogP contribution in [0.2, 0.25) is 0 Å². The molecule has 0 saturated heterocycles. The fraction of sp³-hybridized carbons (Fsp3) is 0. The van der Waals surface area contributed by atoms with Crippen LogP contribution in [0.5, 0.6) is 0 Å². The van der Waals surface area contributed by atoms with Crippen LogP contribution in [0.3, 0.4) is 0 Å². The first-order valence-electron chi connectivity index (χ1n) is 16.4. The van der Waals surface area contributed by atoms with E-state index in [1.165, 1.54) is 41.9 Å². The van der Waals surface area contributed by atoms with Gasteiger partial charge in [-0.1, -0.05) is 133 Å². The molecule has 0 unspecified atom stereocenters.